The molecule has 1 aromatic heterocycles. The van der Waals surface area contributed by atoms with Crippen LogP contribution in [0.4, 0.5) is 11.4 Å². The van der Waals surface area contributed by atoms with Crippen molar-refractivity contribution in [2.45, 2.75) is 6.54 Å². The van der Waals surface area contributed by atoms with Crippen LogP contribution in [0.3, 0.4) is 0 Å². The Hall–Kier alpha value is -2.73. The third kappa shape index (κ3) is 3.69. The van der Waals surface area contributed by atoms with Crippen molar-refractivity contribution in [1.29, 1.82) is 0 Å². The highest BCUT2D eigenvalue weighted by Gasteiger charge is 2.11. The largest absolute Gasteiger partial charge is 0.497 e. The maximum Gasteiger partial charge on any atom is 0.304 e. The first kappa shape index (κ1) is 17.1. The SMILES string of the molecule is COc1ccc2c(N(C)C)c(NCc3ccc(BO)cc3)cnc2c1. The van der Waals surface area contributed by atoms with Crippen molar-refractivity contribution in [3.8, 4) is 5.75 Å². The summed E-state index contributed by atoms with van der Waals surface area (Å²) in [5.74, 6) is 0.800. The molecule has 0 unspecified atom stereocenters. The predicted octanol–water partition coefficient (Wildman–Crippen LogP) is 1.89. The Bertz CT molecular complexity index is 866. The molecule has 3 rings (SSSR count). The Labute approximate surface area is 148 Å². The van der Waals surface area contributed by atoms with Crippen LogP contribution in [0.5, 0.6) is 5.75 Å². The van der Waals surface area contributed by atoms with Gasteiger partial charge in [0.25, 0.3) is 0 Å². The zero-order valence-electron chi connectivity index (χ0n) is 14.8. The van der Waals surface area contributed by atoms with E-state index in [0.29, 0.717) is 6.54 Å². The van der Waals surface area contributed by atoms with E-state index in [2.05, 4.69) is 15.2 Å². The lowest BCUT2D eigenvalue weighted by Crippen LogP contribution is -2.14. The molecule has 0 radical (unpaired) electrons. The van der Waals surface area contributed by atoms with Crippen molar-refractivity contribution < 1.29 is 9.76 Å². The van der Waals surface area contributed by atoms with Gasteiger partial charge >= 0.3 is 7.48 Å². The van der Waals surface area contributed by atoms with E-state index in [9.17, 15) is 0 Å². The smallest absolute Gasteiger partial charge is 0.304 e. The van der Waals surface area contributed by atoms with Crippen LogP contribution in [0.25, 0.3) is 10.9 Å². The zero-order valence-corrected chi connectivity index (χ0v) is 14.8. The molecule has 1 heterocycles. The molecule has 0 amide bonds. The molecule has 0 aliphatic heterocycles. The molecule has 3 aromatic rings. The van der Waals surface area contributed by atoms with Gasteiger partial charge in [-0.2, -0.15) is 0 Å². The second-order valence-electron chi connectivity index (χ2n) is 6.13. The lowest BCUT2D eigenvalue weighted by Gasteiger charge is -2.21. The molecule has 0 aliphatic rings. The molecule has 0 spiro atoms. The molecule has 0 bridgehead atoms. The molecule has 5 nitrogen and oxygen atoms in total. The van der Waals surface area contributed by atoms with Crippen molar-refractivity contribution in [3.05, 3.63) is 54.2 Å². The number of rotatable bonds is 6. The van der Waals surface area contributed by atoms with E-state index in [1.807, 2.05) is 62.8 Å². The monoisotopic (exact) mass is 335 g/mol. The van der Waals surface area contributed by atoms with Crippen molar-refractivity contribution in [2.75, 3.05) is 31.4 Å². The van der Waals surface area contributed by atoms with E-state index < -0.39 is 0 Å². The summed E-state index contributed by atoms with van der Waals surface area (Å²) < 4.78 is 5.29. The number of methoxy groups -OCH3 is 1. The summed E-state index contributed by atoms with van der Waals surface area (Å²) in [7, 11) is 5.78. The predicted molar refractivity (Wildman–Crippen MR) is 105 cm³/mol. The molecule has 0 fully saturated rings. The normalized spacial score (nSPS) is 10.6. The highest BCUT2D eigenvalue weighted by atomic mass is 16.5. The molecule has 0 aliphatic carbocycles. The number of pyridine rings is 1. The first-order valence-corrected chi connectivity index (χ1v) is 8.19. The van der Waals surface area contributed by atoms with Gasteiger partial charge in [0, 0.05) is 32.1 Å². The second-order valence-corrected chi connectivity index (χ2v) is 6.13. The minimum Gasteiger partial charge on any atom is -0.497 e. The minimum atomic E-state index is 0.0660. The van der Waals surface area contributed by atoms with Gasteiger partial charge in [0.1, 0.15) is 5.75 Å². The number of benzene rings is 2. The fourth-order valence-corrected chi connectivity index (χ4v) is 2.86. The van der Waals surface area contributed by atoms with E-state index in [4.69, 9.17) is 9.76 Å². The number of hydrogen-bond donors (Lipinski definition) is 2. The fourth-order valence-electron chi connectivity index (χ4n) is 2.86. The van der Waals surface area contributed by atoms with Crippen LogP contribution in [-0.2, 0) is 6.54 Å². The van der Waals surface area contributed by atoms with E-state index in [0.717, 1.165) is 39.1 Å². The number of anilines is 2. The van der Waals surface area contributed by atoms with Crippen molar-refractivity contribution in [1.82, 2.24) is 4.98 Å². The molecule has 25 heavy (non-hydrogen) atoms. The van der Waals surface area contributed by atoms with E-state index in [1.165, 1.54) is 0 Å². The lowest BCUT2D eigenvalue weighted by molar-refractivity contribution is 0.415. The molecule has 0 saturated heterocycles. The van der Waals surface area contributed by atoms with E-state index >= 15 is 0 Å². The first-order chi connectivity index (χ1) is 12.1. The number of hydrogen-bond acceptors (Lipinski definition) is 5. The van der Waals surface area contributed by atoms with Crippen LogP contribution in [0.2, 0.25) is 0 Å². The standard InChI is InChI=1S/C19H22BN3O2/c1-23(2)19-16-9-8-15(25-3)10-17(16)22-12-18(19)21-11-13-4-6-14(20-24)7-5-13/h4-10,12,20-21,24H,11H2,1-3H3. The van der Waals surface area contributed by atoms with Gasteiger partial charge in [0.2, 0.25) is 0 Å². The van der Waals surface area contributed by atoms with E-state index in [1.54, 1.807) is 7.11 Å². The first-order valence-electron chi connectivity index (χ1n) is 8.19. The van der Waals surface area contributed by atoms with Gasteiger partial charge in [0.15, 0.2) is 0 Å². The highest BCUT2D eigenvalue weighted by molar-refractivity contribution is 6.45. The Kier molecular flexibility index (Phi) is 5.09. The summed E-state index contributed by atoms with van der Waals surface area (Å²) in [6.45, 7) is 0.690. The number of aromatic nitrogens is 1. The van der Waals surface area contributed by atoms with Crippen LogP contribution in [0.15, 0.2) is 48.7 Å². The van der Waals surface area contributed by atoms with Crippen LogP contribution in [-0.4, -0.2) is 38.7 Å². The van der Waals surface area contributed by atoms with Crippen LogP contribution >= 0.6 is 0 Å². The van der Waals surface area contributed by atoms with Gasteiger partial charge in [0.05, 0.1) is 30.2 Å². The summed E-state index contributed by atoms with van der Waals surface area (Å²) in [6.07, 6.45) is 1.86. The van der Waals surface area contributed by atoms with Gasteiger partial charge in [-0.3, -0.25) is 4.98 Å². The number of fused-ring (bicyclic) bond motifs is 1. The van der Waals surface area contributed by atoms with Crippen LogP contribution < -0.4 is 20.4 Å². The molecule has 2 aromatic carbocycles. The zero-order chi connectivity index (χ0) is 17.8. The minimum absolute atomic E-state index is 0.0660. The van der Waals surface area contributed by atoms with Crippen LogP contribution in [0, 0.1) is 0 Å². The third-order valence-corrected chi connectivity index (χ3v) is 4.18. The summed E-state index contributed by atoms with van der Waals surface area (Å²) in [6, 6.07) is 13.9. The highest BCUT2D eigenvalue weighted by Crippen LogP contribution is 2.34. The molecule has 6 heteroatoms. The number of nitrogens with zero attached hydrogens (tertiary/aromatic N) is 2. The summed E-state index contributed by atoms with van der Waals surface area (Å²) in [4.78, 5) is 6.66. The van der Waals surface area contributed by atoms with Crippen molar-refractivity contribution in [2.24, 2.45) is 0 Å². The average molecular weight is 335 g/mol. The van der Waals surface area contributed by atoms with Gasteiger partial charge < -0.3 is 20.0 Å². The van der Waals surface area contributed by atoms with Gasteiger partial charge in [-0.15, -0.1) is 0 Å². The quantitative estimate of drug-likeness (QED) is 0.674. The maximum absolute atomic E-state index is 9.13. The summed E-state index contributed by atoms with van der Waals surface area (Å²) in [5.41, 5.74) is 5.05. The molecule has 2 N–H and O–H groups in total. The molecule has 128 valence electrons. The van der Waals surface area contributed by atoms with Gasteiger partial charge in [-0.05, 0) is 17.7 Å². The molecular formula is C19H22BN3O2. The van der Waals surface area contributed by atoms with Crippen LogP contribution in [0.1, 0.15) is 5.56 Å². The van der Waals surface area contributed by atoms with Crippen molar-refractivity contribution in [3.63, 3.8) is 0 Å². The third-order valence-electron chi connectivity index (χ3n) is 4.18. The Morgan fingerprint density at radius 1 is 1.16 bits per heavy atom. The van der Waals surface area contributed by atoms with Gasteiger partial charge in [-0.1, -0.05) is 29.7 Å². The maximum atomic E-state index is 9.13. The average Bonchev–Trinajstić information content (AvgIpc) is 2.65. The molecular weight excluding hydrogens is 313 g/mol. The summed E-state index contributed by atoms with van der Waals surface area (Å²) >= 11 is 0. The molecule has 0 atom stereocenters. The Morgan fingerprint density at radius 2 is 1.92 bits per heavy atom. The number of ether oxygens (including phenoxy) is 1. The van der Waals surface area contributed by atoms with Crippen molar-refractivity contribution >= 4 is 35.2 Å². The topological polar surface area (TPSA) is 57.6 Å². The summed E-state index contributed by atoms with van der Waals surface area (Å²) in [5, 5.41) is 13.7. The van der Waals surface area contributed by atoms with E-state index in [-0.39, 0.29) is 7.48 Å². The van der Waals surface area contributed by atoms with Gasteiger partial charge in [-0.25, -0.2) is 0 Å². The second kappa shape index (κ2) is 7.44. The Balaban J connectivity index is 1.90. The Morgan fingerprint density at radius 3 is 2.56 bits per heavy atom. The number of nitrogens with one attached hydrogen (secondary N) is 1. The lowest BCUT2D eigenvalue weighted by atomic mass is 9.88. The molecule has 0 saturated carbocycles. The fraction of sp³-hybridized carbons (Fsp3) is 0.211.